The molecule has 1 heterocycles. The van der Waals surface area contributed by atoms with Crippen LogP contribution in [0.5, 0.6) is 5.88 Å². The lowest BCUT2D eigenvalue weighted by atomic mass is 10.3. The van der Waals surface area contributed by atoms with E-state index >= 15 is 0 Å². The number of carboxylic acid groups (broad SMARTS) is 1. The number of nitrogens with zero attached hydrogens (tertiary/aromatic N) is 3. The molecule has 1 aromatic rings. The van der Waals surface area contributed by atoms with Gasteiger partial charge in [-0.3, -0.25) is 23.7 Å². The summed E-state index contributed by atoms with van der Waals surface area (Å²) in [5.41, 5.74) is -1.49. The molecule has 0 fully saturated rings. The van der Waals surface area contributed by atoms with Gasteiger partial charge in [0.05, 0.1) is 6.42 Å². The van der Waals surface area contributed by atoms with Crippen molar-refractivity contribution in [2.24, 2.45) is 19.1 Å². The van der Waals surface area contributed by atoms with Crippen LogP contribution in [0, 0.1) is 0 Å². The SMILES string of the molecule is Cn1c(O)c(C=NCCC(=O)O)c(=O)n(C)c1=O. The standard InChI is InChI=1S/C10H13N3O5/c1-12-8(16)6(5-11-4-3-7(14)15)9(17)13(2)10(12)18/h5,16H,3-4H2,1-2H3,(H,14,15). The first kappa shape index (κ1) is 13.7. The van der Waals surface area contributed by atoms with Crippen LogP contribution in [0.1, 0.15) is 12.0 Å². The van der Waals surface area contributed by atoms with Gasteiger partial charge in [-0.05, 0) is 0 Å². The average Bonchev–Trinajstić information content (AvgIpc) is 2.32. The molecule has 0 aromatic carbocycles. The zero-order valence-corrected chi connectivity index (χ0v) is 9.95. The molecule has 98 valence electrons. The minimum Gasteiger partial charge on any atom is -0.494 e. The Morgan fingerprint density at radius 1 is 1.33 bits per heavy atom. The highest BCUT2D eigenvalue weighted by atomic mass is 16.4. The summed E-state index contributed by atoms with van der Waals surface area (Å²) in [5.74, 6) is -1.51. The predicted molar refractivity (Wildman–Crippen MR) is 63.3 cm³/mol. The second-order valence-corrected chi connectivity index (χ2v) is 3.62. The smallest absolute Gasteiger partial charge is 0.333 e. The minimum atomic E-state index is -1.01. The molecule has 0 spiro atoms. The van der Waals surface area contributed by atoms with Gasteiger partial charge in [0.2, 0.25) is 5.88 Å². The van der Waals surface area contributed by atoms with E-state index in [9.17, 15) is 19.5 Å². The quantitative estimate of drug-likeness (QED) is 0.648. The number of aliphatic carboxylic acids is 1. The van der Waals surface area contributed by atoms with E-state index in [1.807, 2.05) is 0 Å². The number of rotatable bonds is 4. The molecular formula is C10H13N3O5. The zero-order chi connectivity index (χ0) is 13.9. The first-order valence-corrected chi connectivity index (χ1v) is 5.07. The van der Waals surface area contributed by atoms with E-state index in [-0.39, 0.29) is 18.5 Å². The van der Waals surface area contributed by atoms with Crippen LogP contribution in [0.2, 0.25) is 0 Å². The molecule has 0 unspecified atom stereocenters. The summed E-state index contributed by atoms with van der Waals surface area (Å²) in [5, 5.41) is 18.0. The van der Waals surface area contributed by atoms with Gasteiger partial charge < -0.3 is 10.2 Å². The lowest BCUT2D eigenvalue weighted by Gasteiger charge is -2.06. The van der Waals surface area contributed by atoms with E-state index in [0.29, 0.717) is 0 Å². The Hall–Kier alpha value is -2.38. The second-order valence-electron chi connectivity index (χ2n) is 3.62. The van der Waals surface area contributed by atoms with Gasteiger partial charge in [-0.2, -0.15) is 0 Å². The van der Waals surface area contributed by atoms with Crippen LogP contribution in [0.3, 0.4) is 0 Å². The van der Waals surface area contributed by atoms with Crippen molar-refractivity contribution < 1.29 is 15.0 Å². The number of aromatic hydroxyl groups is 1. The molecule has 0 aliphatic rings. The first-order chi connectivity index (χ1) is 8.36. The van der Waals surface area contributed by atoms with Gasteiger partial charge in [0.1, 0.15) is 5.56 Å². The van der Waals surface area contributed by atoms with Crippen molar-refractivity contribution >= 4 is 12.2 Å². The largest absolute Gasteiger partial charge is 0.494 e. The highest BCUT2D eigenvalue weighted by molar-refractivity contribution is 5.82. The molecule has 1 rings (SSSR count). The van der Waals surface area contributed by atoms with Gasteiger partial charge in [0.15, 0.2) is 0 Å². The normalized spacial score (nSPS) is 11.0. The third kappa shape index (κ3) is 2.65. The lowest BCUT2D eigenvalue weighted by molar-refractivity contribution is -0.136. The van der Waals surface area contributed by atoms with Crippen LogP contribution in [-0.4, -0.2) is 38.1 Å². The van der Waals surface area contributed by atoms with Gasteiger partial charge in [-0.1, -0.05) is 0 Å². The number of hydrogen-bond donors (Lipinski definition) is 2. The molecule has 0 saturated carbocycles. The van der Waals surface area contributed by atoms with Crippen molar-refractivity contribution in [1.82, 2.24) is 9.13 Å². The van der Waals surface area contributed by atoms with E-state index in [1.165, 1.54) is 14.1 Å². The van der Waals surface area contributed by atoms with Gasteiger partial charge in [-0.25, -0.2) is 4.79 Å². The fourth-order valence-electron chi connectivity index (χ4n) is 1.29. The molecule has 1 aromatic heterocycles. The third-order valence-corrected chi connectivity index (χ3v) is 2.34. The Morgan fingerprint density at radius 3 is 2.50 bits per heavy atom. The Labute approximate surface area is 101 Å². The van der Waals surface area contributed by atoms with Crippen LogP contribution in [0.25, 0.3) is 0 Å². The lowest BCUT2D eigenvalue weighted by Crippen LogP contribution is -2.38. The van der Waals surface area contributed by atoms with Crippen LogP contribution < -0.4 is 11.2 Å². The molecule has 0 amide bonds. The first-order valence-electron chi connectivity index (χ1n) is 5.07. The van der Waals surface area contributed by atoms with Crippen LogP contribution in [-0.2, 0) is 18.9 Å². The summed E-state index contributed by atoms with van der Waals surface area (Å²) in [6.07, 6.45) is 0.892. The fourth-order valence-corrected chi connectivity index (χ4v) is 1.29. The van der Waals surface area contributed by atoms with Crippen molar-refractivity contribution in [2.45, 2.75) is 6.42 Å². The molecule has 2 N–H and O–H groups in total. The summed E-state index contributed by atoms with van der Waals surface area (Å²) in [7, 11) is 2.59. The molecule has 0 aliphatic carbocycles. The van der Waals surface area contributed by atoms with Gasteiger partial charge in [0, 0.05) is 26.9 Å². The monoisotopic (exact) mass is 255 g/mol. The molecular weight excluding hydrogens is 242 g/mol. The van der Waals surface area contributed by atoms with E-state index < -0.39 is 23.1 Å². The third-order valence-electron chi connectivity index (χ3n) is 2.34. The van der Waals surface area contributed by atoms with Gasteiger partial charge in [-0.15, -0.1) is 0 Å². The maximum absolute atomic E-state index is 11.7. The van der Waals surface area contributed by atoms with E-state index in [2.05, 4.69) is 4.99 Å². The molecule has 18 heavy (non-hydrogen) atoms. The van der Waals surface area contributed by atoms with Crippen molar-refractivity contribution in [3.8, 4) is 5.88 Å². The summed E-state index contributed by atoms with van der Waals surface area (Å²) in [6.45, 7) is -0.0131. The highest BCUT2D eigenvalue weighted by Crippen LogP contribution is 2.05. The van der Waals surface area contributed by atoms with Gasteiger partial charge in [0.25, 0.3) is 5.56 Å². The maximum atomic E-state index is 11.7. The number of aromatic nitrogens is 2. The molecule has 8 nitrogen and oxygen atoms in total. The summed E-state index contributed by atoms with van der Waals surface area (Å²) >= 11 is 0. The zero-order valence-electron chi connectivity index (χ0n) is 9.95. The summed E-state index contributed by atoms with van der Waals surface area (Å²) in [4.78, 5) is 37.1. The Bertz CT molecular complexity index is 611. The van der Waals surface area contributed by atoms with Crippen molar-refractivity contribution in [1.29, 1.82) is 0 Å². The van der Waals surface area contributed by atoms with Crippen molar-refractivity contribution in [3.05, 3.63) is 26.4 Å². The minimum absolute atomic E-state index is 0.0131. The van der Waals surface area contributed by atoms with Crippen LogP contribution in [0.4, 0.5) is 0 Å². The van der Waals surface area contributed by atoms with Crippen LogP contribution >= 0.6 is 0 Å². The fraction of sp³-hybridized carbons (Fsp3) is 0.400. The number of carboxylic acids is 1. The van der Waals surface area contributed by atoms with Crippen LogP contribution in [0.15, 0.2) is 14.6 Å². The molecule has 0 bridgehead atoms. The Kier molecular flexibility index (Phi) is 4.03. The maximum Gasteiger partial charge on any atom is 0.333 e. The number of carbonyl (C=O) groups is 1. The summed E-state index contributed by atoms with van der Waals surface area (Å²) in [6, 6.07) is 0. The van der Waals surface area contributed by atoms with E-state index in [4.69, 9.17) is 5.11 Å². The van der Waals surface area contributed by atoms with Crippen molar-refractivity contribution in [3.63, 3.8) is 0 Å². The van der Waals surface area contributed by atoms with Gasteiger partial charge >= 0.3 is 11.7 Å². The number of aliphatic imine (C=N–C) groups is 1. The molecule has 0 aliphatic heterocycles. The predicted octanol–water partition coefficient (Wildman–Crippen LogP) is -1.32. The number of hydrogen-bond acceptors (Lipinski definition) is 5. The van der Waals surface area contributed by atoms with Crippen molar-refractivity contribution in [2.75, 3.05) is 6.54 Å². The Morgan fingerprint density at radius 2 is 1.94 bits per heavy atom. The van der Waals surface area contributed by atoms with E-state index in [1.54, 1.807) is 0 Å². The molecule has 0 radical (unpaired) electrons. The van der Waals surface area contributed by atoms with E-state index in [0.717, 1.165) is 15.3 Å². The molecule has 8 heteroatoms. The topological polar surface area (TPSA) is 114 Å². The summed E-state index contributed by atoms with van der Waals surface area (Å²) < 4.78 is 1.73. The molecule has 0 atom stereocenters. The average molecular weight is 255 g/mol. The molecule has 0 saturated heterocycles. The second kappa shape index (κ2) is 5.30. The Balaban J connectivity index is 3.15. The highest BCUT2D eigenvalue weighted by Gasteiger charge is 2.12.